The van der Waals surface area contributed by atoms with Crippen molar-refractivity contribution in [1.29, 1.82) is 0 Å². The number of aromatic nitrogens is 2. The van der Waals surface area contributed by atoms with Crippen LogP contribution in [0, 0.1) is 5.82 Å². The third-order valence-corrected chi connectivity index (χ3v) is 3.48. The van der Waals surface area contributed by atoms with E-state index in [0.717, 1.165) is 0 Å². The maximum Gasteiger partial charge on any atom is 0.149 e. The van der Waals surface area contributed by atoms with Crippen LogP contribution in [0.15, 0.2) is 29.0 Å². The summed E-state index contributed by atoms with van der Waals surface area (Å²) < 4.78 is 13.5. The van der Waals surface area contributed by atoms with Crippen molar-refractivity contribution in [3.05, 3.63) is 45.0 Å². The van der Waals surface area contributed by atoms with Crippen LogP contribution < -0.4 is 5.32 Å². The molecule has 1 aromatic heterocycles. The van der Waals surface area contributed by atoms with E-state index in [-0.39, 0.29) is 10.2 Å². The lowest BCUT2D eigenvalue weighted by atomic mass is 10.3. The van der Waals surface area contributed by atoms with Crippen LogP contribution >= 0.6 is 39.1 Å². The fourth-order valence-electron chi connectivity index (χ4n) is 1.15. The Kier molecular flexibility index (Phi) is 3.81. The van der Waals surface area contributed by atoms with E-state index in [9.17, 15) is 4.39 Å². The van der Waals surface area contributed by atoms with Crippen LogP contribution in [0.5, 0.6) is 0 Å². The predicted octanol–water partition coefficient (Wildman–Crippen LogP) is 4.43. The van der Waals surface area contributed by atoms with E-state index in [4.69, 9.17) is 23.2 Å². The Bertz CT molecular complexity index is 565. The van der Waals surface area contributed by atoms with E-state index < -0.39 is 5.82 Å². The minimum atomic E-state index is -0.475. The first-order valence-corrected chi connectivity index (χ1v) is 6.01. The Hall–Kier alpha value is -0.910. The number of hydrogen-bond donors (Lipinski definition) is 1. The zero-order valence-electron chi connectivity index (χ0n) is 8.22. The molecule has 3 nitrogen and oxygen atoms in total. The van der Waals surface area contributed by atoms with E-state index in [0.29, 0.717) is 16.0 Å². The molecule has 7 heteroatoms. The molecule has 0 fully saturated rings. The molecule has 0 aliphatic heterocycles. The molecule has 0 radical (unpaired) electrons. The number of anilines is 2. The molecule has 17 heavy (non-hydrogen) atoms. The van der Waals surface area contributed by atoms with Crippen LogP contribution in [0.3, 0.4) is 0 Å². The summed E-state index contributed by atoms with van der Waals surface area (Å²) in [5, 5.41) is 3.27. The summed E-state index contributed by atoms with van der Waals surface area (Å²) >= 11 is 14.7. The fourth-order valence-corrected chi connectivity index (χ4v) is 1.76. The molecular formula is C10H5BrCl2FN3. The number of halogens is 4. The zero-order valence-corrected chi connectivity index (χ0v) is 11.3. The second-order valence-corrected chi connectivity index (χ2v) is 4.64. The van der Waals surface area contributed by atoms with Gasteiger partial charge in [0.15, 0.2) is 0 Å². The molecule has 1 N–H and O–H groups in total. The Labute approximate surface area is 115 Å². The highest BCUT2D eigenvalue weighted by atomic mass is 79.9. The van der Waals surface area contributed by atoms with E-state index >= 15 is 0 Å². The minimum Gasteiger partial charge on any atom is -0.339 e. The molecule has 0 unspecified atom stereocenters. The van der Waals surface area contributed by atoms with E-state index in [1.165, 1.54) is 18.5 Å². The van der Waals surface area contributed by atoms with Gasteiger partial charge in [-0.15, -0.1) is 0 Å². The maximum atomic E-state index is 13.0. The molecule has 0 aliphatic rings. The smallest absolute Gasteiger partial charge is 0.149 e. The van der Waals surface area contributed by atoms with Gasteiger partial charge in [0.05, 0.1) is 9.50 Å². The molecule has 1 heterocycles. The third kappa shape index (κ3) is 2.86. The van der Waals surface area contributed by atoms with Crippen LogP contribution in [0.4, 0.5) is 15.9 Å². The van der Waals surface area contributed by atoms with E-state index in [1.807, 2.05) is 0 Å². The van der Waals surface area contributed by atoms with Crippen molar-refractivity contribution in [3.63, 3.8) is 0 Å². The highest BCUT2D eigenvalue weighted by molar-refractivity contribution is 9.10. The summed E-state index contributed by atoms with van der Waals surface area (Å²) in [6.45, 7) is 0. The quantitative estimate of drug-likeness (QED) is 0.824. The number of nitrogens with zero attached hydrogens (tertiary/aromatic N) is 2. The van der Waals surface area contributed by atoms with Crippen LogP contribution in [0.25, 0.3) is 0 Å². The second kappa shape index (κ2) is 5.16. The van der Waals surface area contributed by atoms with Gasteiger partial charge in [-0.25, -0.2) is 14.4 Å². The first-order valence-electron chi connectivity index (χ1n) is 4.46. The molecule has 1 aromatic carbocycles. The number of hydrogen-bond acceptors (Lipinski definition) is 3. The Morgan fingerprint density at radius 2 is 2.00 bits per heavy atom. The van der Waals surface area contributed by atoms with Gasteiger partial charge in [-0.3, -0.25) is 0 Å². The molecule has 0 saturated heterocycles. The molecule has 2 aromatic rings. The monoisotopic (exact) mass is 335 g/mol. The lowest BCUT2D eigenvalue weighted by Crippen LogP contribution is -1.96. The fraction of sp³-hybridized carbons (Fsp3) is 0. The van der Waals surface area contributed by atoms with Crippen LogP contribution in [-0.2, 0) is 0 Å². The summed E-state index contributed by atoms with van der Waals surface area (Å²) in [6.07, 6.45) is 1.32. The minimum absolute atomic E-state index is 0.0336. The summed E-state index contributed by atoms with van der Waals surface area (Å²) in [5.41, 5.74) is 0.604. The van der Waals surface area contributed by atoms with Crippen molar-refractivity contribution in [2.24, 2.45) is 0 Å². The first-order chi connectivity index (χ1) is 8.08. The second-order valence-electron chi connectivity index (χ2n) is 3.08. The van der Waals surface area contributed by atoms with Gasteiger partial charge in [-0.05, 0) is 34.1 Å². The number of rotatable bonds is 2. The zero-order chi connectivity index (χ0) is 12.4. The third-order valence-electron chi connectivity index (χ3n) is 1.93. The highest BCUT2D eigenvalue weighted by Crippen LogP contribution is 2.29. The Morgan fingerprint density at radius 1 is 1.24 bits per heavy atom. The van der Waals surface area contributed by atoms with Crippen molar-refractivity contribution < 1.29 is 4.39 Å². The summed E-state index contributed by atoms with van der Waals surface area (Å²) in [4.78, 5) is 7.79. The van der Waals surface area contributed by atoms with Crippen molar-refractivity contribution >= 4 is 50.6 Å². The molecule has 0 amide bonds. The van der Waals surface area contributed by atoms with Crippen LogP contribution in [-0.4, -0.2) is 9.97 Å². The largest absolute Gasteiger partial charge is 0.339 e. The molecule has 0 bridgehead atoms. The molecule has 0 aliphatic carbocycles. The summed E-state index contributed by atoms with van der Waals surface area (Å²) in [6, 6.07) is 4.27. The van der Waals surface area contributed by atoms with Gasteiger partial charge in [0, 0.05) is 5.69 Å². The van der Waals surface area contributed by atoms with Crippen LogP contribution in [0.1, 0.15) is 0 Å². The van der Waals surface area contributed by atoms with Crippen molar-refractivity contribution in [1.82, 2.24) is 9.97 Å². The van der Waals surface area contributed by atoms with Gasteiger partial charge in [0.25, 0.3) is 0 Å². The Balaban J connectivity index is 2.31. The molecule has 0 spiro atoms. The standard InChI is InChI=1S/C10H5BrCl2FN3/c11-8-9(13)15-4-16-10(8)17-5-1-2-7(14)6(12)3-5/h1-4H,(H,15,16,17). The van der Waals surface area contributed by atoms with Gasteiger partial charge in [0.1, 0.15) is 23.1 Å². The van der Waals surface area contributed by atoms with E-state index in [2.05, 4.69) is 31.2 Å². The van der Waals surface area contributed by atoms with E-state index in [1.54, 1.807) is 6.07 Å². The molecule has 88 valence electrons. The maximum absolute atomic E-state index is 13.0. The number of nitrogens with one attached hydrogen (secondary N) is 1. The van der Waals surface area contributed by atoms with Crippen LogP contribution in [0.2, 0.25) is 10.2 Å². The Morgan fingerprint density at radius 3 is 2.71 bits per heavy atom. The lowest BCUT2D eigenvalue weighted by Gasteiger charge is -2.08. The summed E-state index contributed by atoms with van der Waals surface area (Å²) in [7, 11) is 0. The SMILES string of the molecule is Fc1ccc(Nc2ncnc(Cl)c2Br)cc1Cl. The van der Waals surface area contributed by atoms with Gasteiger partial charge < -0.3 is 5.32 Å². The molecule has 0 saturated carbocycles. The van der Waals surface area contributed by atoms with Gasteiger partial charge in [-0.1, -0.05) is 23.2 Å². The molecule has 0 atom stereocenters. The molecular weight excluding hydrogens is 332 g/mol. The average molecular weight is 337 g/mol. The summed E-state index contributed by atoms with van der Waals surface area (Å²) in [5.74, 6) is 0.00433. The first kappa shape index (κ1) is 12.5. The predicted molar refractivity (Wildman–Crippen MR) is 69.4 cm³/mol. The van der Waals surface area contributed by atoms with Gasteiger partial charge >= 0.3 is 0 Å². The normalized spacial score (nSPS) is 10.4. The molecule has 2 rings (SSSR count). The van der Waals surface area contributed by atoms with Gasteiger partial charge in [-0.2, -0.15) is 0 Å². The van der Waals surface area contributed by atoms with Crippen molar-refractivity contribution in [2.75, 3.05) is 5.32 Å². The lowest BCUT2D eigenvalue weighted by molar-refractivity contribution is 0.628. The highest BCUT2D eigenvalue weighted by Gasteiger charge is 2.08. The topological polar surface area (TPSA) is 37.8 Å². The average Bonchev–Trinajstić information content (AvgIpc) is 2.30. The van der Waals surface area contributed by atoms with Crippen molar-refractivity contribution in [2.45, 2.75) is 0 Å². The van der Waals surface area contributed by atoms with Crippen molar-refractivity contribution in [3.8, 4) is 0 Å². The number of benzene rings is 1. The van der Waals surface area contributed by atoms with Gasteiger partial charge in [0.2, 0.25) is 0 Å².